The molecule has 1 aromatic rings. The molecule has 1 aliphatic heterocycles. The Bertz CT molecular complexity index is 453. The minimum Gasteiger partial charge on any atom is -0.481 e. The standard InChI is InChI=1S/C8H9N3O3.C2H4O2/c9-8(10)11-14-5-1-2-6-7(3-5)13-4-12-6;1-2(3)4/h1-3H,4H2,(H4,9,10,11);1H3,(H,3,4). The lowest BCUT2D eigenvalue weighted by molar-refractivity contribution is -0.134. The van der Waals surface area contributed by atoms with E-state index in [0.29, 0.717) is 17.2 Å². The van der Waals surface area contributed by atoms with Crippen LogP contribution in [0.25, 0.3) is 0 Å². The zero-order valence-corrected chi connectivity index (χ0v) is 9.62. The van der Waals surface area contributed by atoms with E-state index in [1.54, 1.807) is 18.2 Å². The lowest BCUT2D eigenvalue weighted by atomic mass is 10.3. The minimum atomic E-state index is -0.833. The maximum atomic E-state index is 9.00. The van der Waals surface area contributed by atoms with E-state index in [1.807, 2.05) is 0 Å². The summed E-state index contributed by atoms with van der Waals surface area (Å²) in [5, 5.41) is 10.8. The molecule has 8 heteroatoms. The van der Waals surface area contributed by atoms with Crippen LogP contribution >= 0.6 is 0 Å². The molecule has 0 saturated heterocycles. The van der Waals surface area contributed by atoms with Gasteiger partial charge in [-0.05, 0) is 17.3 Å². The summed E-state index contributed by atoms with van der Waals surface area (Å²) in [5.41, 5.74) is 10.2. The van der Waals surface area contributed by atoms with Crippen molar-refractivity contribution in [1.82, 2.24) is 0 Å². The predicted molar refractivity (Wildman–Crippen MR) is 62.3 cm³/mol. The first-order valence-corrected chi connectivity index (χ1v) is 4.84. The van der Waals surface area contributed by atoms with Crippen molar-refractivity contribution in [3.05, 3.63) is 18.2 Å². The average Bonchev–Trinajstić information content (AvgIpc) is 2.72. The first kappa shape index (κ1) is 13.4. The zero-order valence-electron chi connectivity index (χ0n) is 9.62. The number of hydrogen-bond donors (Lipinski definition) is 3. The van der Waals surface area contributed by atoms with Crippen LogP contribution in [0.2, 0.25) is 0 Å². The number of carboxylic acid groups (broad SMARTS) is 1. The number of ether oxygens (including phenoxy) is 2. The molecule has 1 heterocycles. The molecular weight excluding hydrogens is 242 g/mol. The quantitative estimate of drug-likeness (QED) is 0.387. The van der Waals surface area contributed by atoms with E-state index in [0.717, 1.165) is 6.92 Å². The second-order valence-corrected chi connectivity index (χ2v) is 3.14. The normalized spacial score (nSPS) is 10.9. The largest absolute Gasteiger partial charge is 0.481 e. The van der Waals surface area contributed by atoms with Crippen LogP contribution in [0.3, 0.4) is 0 Å². The van der Waals surface area contributed by atoms with Crippen molar-refractivity contribution in [3.8, 4) is 17.2 Å². The van der Waals surface area contributed by atoms with Crippen molar-refractivity contribution in [3.63, 3.8) is 0 Å². The highest BCUT2D eigenvalue weighted by atomic mass is 16.7. The second-order valence-electron chi connectivity index (χ2n) is 3.14. The van der Waals surface area contributed by atoms with Gasteiger partial charge in [-0.15, -0.1) is 0 Å². The molecule has 0 spiro atoms. The number of aliphatic carboxylic acids is 1. The van der Waals surface area contributed by atoms with E-state index in [2.05, 4.69) is 5.16 Å². The number of rotatable bonds is 2. The molecule has 0 bridgehead atoms. The van der Waals surface area contributed by atoms with E-state index in [4.69, 9.17) is 35.7 Å². The third-order valence-corrected chi connectivity index (χ3v) is 1.60. The van der Waals surface area contributed by atoms with Crippen molar-refractivity contribution < 1.29 is 24.2 Å². The number of oxime groups is 1. The summed E-state index contributed by atoms with van der Waals surface area (Å²) >= 11 is 0. The van der Waals surface area contributed by atoms with Gasteiger partial charge in [0.15, 0.2) is 17.2 Å². The van der Waals surface area contributed by atoms with E-state index in [-0.39, 0.29) is 12.8 Å². The van der Waals surface area contributed by atoms with Crippen LogP contribution in [0.4, 0.5) is 0 Å². The topological polar surface area (TPSA) is 129 Å². The van der Waals surface area contributed by atoms with Crippen molar-refractivity contribution in [2.75, 3.05) is 6.79 Å². The van der Waals surface area contributed by atoms with Crippen molar-refractivity contribution in [2.24, 2.45) is 16.6 Å². The number of guanidine groups is 1. The molecule has 0 radical (unpaired) electrons. The highest BCUT2D eigenvalue weighted by Gasteiger charge is 2.13. The number of nitrogens with two attached hydrogens (primary N) is 2. The lowest BCUT2D eigenvalue weighted by Crippen LogP contribution is -2.23. The maximum Gasteiger partial charge on any atom is 0.300 e. The molecule has 18 heavy (non-hydrogen) atoms. The Hall–Kier alpha value is -2.64. The lowest BCUT2D eigenvalue weighted by Gasteiger charge is -1.99. The third kappa shape index (κ3) is 4.47. The molecule has 0 fully saturated rings. The highest BCUT2D eigenvalue weighted by molar-refractivity contribution is 5.75. The number of fused-ring (bicyclic) bond motifs is 1. The van der Waals surface area contributed by atoms with Gasteiger partial charge in [-0.1, -0.05) is 0 Å². The fraction of sp³-hybridized carbons (Fsp3) is 0.200. The highest BCUT2D eigenvalue weighted by Crippen LogP contribution is 2.34. The van der Waals surface area contributed by atoms with Crippen molar-refractivity contribution in [2.45, 2.75) is 6.92 Å². The molecule has 0 unspecified atom stereocenters. The summed E-state index contributed by atoms with van der Waals surface area (Å²) in [5.74, 6) is 0.820. The molecule has 98 valence electrons. The van der Waals surface area contributed by atoms with E-state index in [9.17, 15) is 0 Å². The van der Waals surface area contributed by atoms with Gasteiger partial charge in [0, 0.05) is 13.0 Å². The Morgan fingerprint density at radius 2 is 2.00 bits per heavy atom. The van der Waals surface area contributed by atoms with Crippen molar-refractivity contribution in [1.29, 1.82) is 0 Å². The molecule has 0 atom stereocenters. The first-order chi connectivity index (χ1) is 8.49. The number of nitrogens with zero attached hydrogens (tertiary/aromatic N) is 1. The van der Waals surface area contributed by atoms with Gasteiger partial charge in [-0.3, -0.25) is 4.79 Å². The maximum absolute atomic E-state index is 9.00. The van der Waals surface area contributed by atoms with Crippen LogP contribution in [-0.2, 0) is 4.79 Å². The molecule has 1 aliphatic rings. The molecule has 0 saturated carbocycles. The summed E-state index contributed by atoms with van der Waals surface area (Å²) in [4.78, 5) is 13.9. The molecule has 0 amide bonds. The summed E-state index contributed by atoms with van der Waals surface area (Å²) < 4.78 is 10.2. The first-order valence-electron chi connectivity index (χ1n) is 4.84. The number of carboxylic acids is 1. The molecule has 5 N–H and O–H groups in total. The van der Waals surface area contributed by atoms with Gasteiger partial charge in [0.2, 0.25) is 12.8 Å². The van der Waals surface area contributed by atoms with E-state index >= 15 is 0 Å². The molecular formula is C10H13N3O5. The van der Waals surface area contributed by atoms with Gasteiger partial charge in [-0.2, -0.15) is 0 Å². The fourth-order valence-corrected chi connectivity index (χ4v) is 1.04. The van der Waals surface area contributed by atoms with Crippen LogP contribution in [0.5, 0.6) is 17.2 Å². The van der Waals surface area contributed by atoms with Gasteiger partial charge >= 0.3 is 0 Å². The van der Waals surface area contributed by atoms with Crippen LogP contribution in [0.1, 0.15) is 6.92 Å². The molecule has 8 nitrogen and oxygen atoms in total. The van der Waals surface area contributed by atoms with Gasteiger partial charge in [0.05, 0.1) is 0 Å². The average molecular weight is 255 g/mol. The van der Waals surface area contributed by atoms with Gasteiger partial charge in [0.25, 0.3) is 5.97 Å². The van der Waals surface area contributed by atoms with E-state index in [1.165, 1.54) is 0 Å². The van der Waals surface area contributed by atoms with Crippen LogP contribution in [0.15, 0.2) is 23.4 Å². The van der Waals surface area contributed by atoms with Crippen LogP contribution < -0.4 is 25.8 Å². The Morgan fingerprint density at radius 3 is 2.61 bits per heavy atom. The van der Waals surface area contributed by atoms with Crippen molar-refractivity contribution >= 4 is 11.9 Å². The summed E-state index contributed by atoms with van der Waals surface area (Å²) in [6.45, 7) is 1.31. The second kappa shape index (κ2) is 6.18. The summed E-state index contributed by atoms with van der Waals surface area (Å²) in [6, 6.07) is 5.05. The summed E-state index contributed by atoms with van der Waals surface area (Å²) in [6.07, 6.45) is 0. The van der Waals surface area contributed by atoms with Gasteiger partial charge < -0.3 is 30.9 Å². The monoisotopic (exact) mass is 255 g/mol. The number of benzene rings is 1. The van der Waals surface area contributed by atoms with Gasteiger partial charge in [0.1, 0.15) is 0 Å². The predicted octanol–water partition coefficient (Wildman–Crippen LogP) is 0.0734. The molecule has 2 rings (SSSR count). The SMILES string of the molecule is CC(=O)O.NC(N)=NOc1ccc2c(c1)OCO2. The molecule has 1 aromatic carbocycles. The fourth-order valence-electron chi connectivity index (χ4n) is 1.04. The zero-order chi connectivity index (χ0) is 13.5. The minimum absolute atomic E-state index is 0.136. The Morgan fingerprint density at radius 1 is 1.39 bits per heavy atom. The molecule has 0 aliphatic carbocycles. The number of carbonyl (C=O) groups is 1. The smallest absolute Gasteiger partial charge is 0.300 e. The summed E-state index contributed by atoms with van der Waals surface area (Å²) in [7, 11) is 0. The van der Waals surface area contributed by atoms with Crippen LogP contribution in [0, 0.1) is 0 Å². The number of hydrogen-bond acceptors (Lipinski definition) is 5. The third-order valence-electron chi connectivity index (χ3n) is 1.60. The Labute approximate surface area is 103 Å². The Balaban J connectivity index is 0.000000357. The van der Waals surface area contributed by atoms with Gasteiger partial charge in [-0.25, -0.2) is 0 Å². The van der Waals surface area contributed by atoms with E-state index < -0.39 is 5.97 Å². The molecule has 0 aromatic heterocycles. The Kier molecular flexibility index (Phi) is 4.61. The van der Waals surface area contributed by atoms with Crippen LogP contribution in [-0.4, -0.2) is 23.8 Å².